The first-order valence-corrected chi connectivity index (χ1v) is 5.53. The van der Waals surface area contributed by atoms with Gasteiger partial charge >= 0.3 is 5.97 Å². The second kappa shape index (κ2) is 7.34. The number of aliphatic carboxylic acids is 1. The third-order valence-electron chi connectivity index (χ3n) is 1.91. The summed E-state index contributed by atoms with van der Waals surface area (Å²) in [5.74, 6) is -2.42. The van der Waals surface area contributed by atoms with Crippen molar-refractivity contribution in [2.45, 2.75) is 0 Å². The van der Waals surface area contributed by atoms with Gasteiger partial charge in [0, 0.05) is 0 Å². The molecule has 7 nitrogen and oxygen atoms in total. The van der Waals surface area contributed by atoms with E-state index in [4.69, 9.17) is 16.7 Å². The van der Waals surface area contributed by atoms with Gasteiger partial charge in [-0.2, -0.15) is 0 Å². The van der Waals surface area contributed by atoms with E-state index in [2.05, 4.69) is 10.2 Å². The van der Waals surface area contributed by atoms with Crippen LogP contribution in [0.4, 0.5) is 0 Å². The number of hydrogen-bond donors (Lipinski definition) is 3. The molecule has 0 aliphatic rings. The Morgan fingerprint density at radius 2 is 1.95 bits per heavy atom. The molecular weight excluding hydrogens is 276 g/mol. The topological polar surface area (TPSA) is 105 Å². The largest absolute Gasteiger partial charge is 0.479 e. The lowest BCUT2D eigenvalue weighted by atomic mass is 10.2. The van der Waals surface area contributed by atoms with Crippen LogP contribution in [0.2, 0.25) is 5.02 Å². The van der Waals surface area contributed by atoms with Crippen molar-refractivity contribution >= 4 is 29.4 Å². The molecule has 0 saturated carbocycles. The summed E-state index contributed by atoms with van der Waals surface area (Å²) >= 11 is 5.80. The van der Waals surface area contributed by atoms with Crippen molar-refractivity contribution in [3.05, 3.63) is 34.9 Å². The smallest absolute Gasteiger partial charge is 0.332 e. The van der Waals surface area contributed by atoms with E-state index in [1.807, 2.05) is 5.48 Å². The number of carbonyl (C=O) groups excluding carboxylic acids is 2. The fraction of sp³-hybridized carbons (Fsp3) is 0.182. The van der Waals surface area contributed by atoms with Crippen molar-refractivity contribution in [2.24, 2.45) is 0 Å². The van der Waals surface area contributed by atoms with Gasteiger partial charge < -0.3 is 10.4 Å². The summed E-state index contributed by atoms with van der Waals surface area (Å²) in [5.41, 5.74) is 2.11. The van der Waals surface area contributed by atoms with E-state index < -0.39 is 24.4 Å². The molecule has 2 amide bonds. The summed E-state index contributed by atoms with van der Waals surface area (Å²) in [6, 6.07) is 6.37. The van der Waals surface area contributed by atoms with Crippen LogP contribution < -0.4 is 10.8 Å². The summed E-state index contributed by atoms with van der Waals surface area (Å²) in [4.78, 5) is 37.3. The second-order valence-electron chi connectivity index (χ2n) is 3.37. The van der Waals surface area contributed by atoms with Crippen LogP contribution in [0, 0.1) is 0 Å². The lowest BCUT2D eigenvalue weighted by Crippen LogP contribution is -2.37. The fourth-order valence-electron chi connectivity index (χ4n) is 1.12. The van der Waals surface area contributed by atoms with E-state index >= 15 is 0 Å². The maximum Gasteiger partial charge on any atom is 0.332 e. The van der Waals surface area contributed by atoms with E-state index in [0.29, 0.717) is 0 Å². The van der Waals surface area contributed by atoms with Crippen LogP contribution in [0.5, 0.6) is 0 Å². The lowest BCUT2D eigenvalue weighted by molar-refractivity contribution is -0.148. The fourth-order valence-corrected chi connectivity index (χ4v) is 1.34. The molecule has 0 heterocycles. The van der Waals surface area contributed by atoms with Crippen molar-refractivity contribution in [1.82, 2.24) is 10.8 Å². The first-order chi connectivity index (χ1) is 9.00. The highest BCUT2D eigenvalue weighted by Crippen LogP contribution is 2.14. The van der Waals surface area contributed by atoms with Gasteiger partial charge in [0.1, 0.15) is 0 Å². The zero-order chi connectivity index (χ0) is 14.3. The number of halogens is 1. The number of carboxylic acid groups (broad SMARTS) is 1. The number of benzene rings is 1. The summed E-state index contributed by atoms with van der Waals surface area (Å²) in [6.07, 6.45) is 0. The van der Waals surface area contributed by atoms with Gasteiger partial charge in [-0.3, -0.25) is 14.4 Å². The molecule has 0 aliphatic heterocycles. The van der Waals surface area contributed by atoms with E-state index in [1.165, 1.54) is 6.07 Å². The summed E-state index contributed by atoms with van der Waals surface area (Å²) in [6.45, 7) is -1.02. The van der Waals surface area contributed by atoms with Crippen LogP contribution in [0.25, 0.3) is 0 Å². The van der Waals surface area contributed by atoms with Crippen molar-refractivity contribution in [3.8, 4) is 0 Å². The Hall–Kier alpha value is -2.12. The minimum atomic E-state index is -1.22. The van der Waals surface area contributed by atoms with Crippen LogP contribution >= 0.6 is 11.6 Å². The highest BCUT2D eigenvalue weighted by Gasteiger charge is 2.11. The molecular formula is C11H11ClN2O5. The van der Waals surface area contributed by atoms with Gasteiger partial charge in [0.25, 0.3) is 11.8 Å². The maximum atomic E-state index is 11.6. The Balaban J connectivity index is 2.36. The number of hydrogen-bond acceptors (Lipinski definition) is 4. The van der Waals surface area contributed by atoms with Gasteiger partial charge in [0.15, 0.2) is 6.61 Å². The molecule has 0 saturated heterocycles. The lowest BCUT2D eigenvalue weighted by Gasteiger charge is -2.07. The molecule has 0 atom stereocenters. The predicted molar refractivity (Wildman–Crippen MR) is 65.5 cm³/mol. The van der Waals surface area contributed by atoms with Crippen molar-refractivity contribution in [2.75, 3.05) is 13.2 Å². The third kappa shape index (κ3) is 5.36. The van der Waals surface area contributed by atoms with Crippen molar-refractivity contribution in [1.29, 1.82) is 0 Å². The van der Waals surface area contributed by atoms with Crippen LogP contribution in [-0.4, -0.2) is 36.0 Å². The highest BCUT2D eigenvalue weighted by molar-refractivity contribution is 6.33. The minimum Gasteiger partial charge on any atom is -0.479 e. The minimum absolute atomic E-state index is 0.239. The van der Waals surface area contributed by atoms with Crippen molar-refractivity contribution < 1.29 is 24.3 Å². The van der Waals surface area contributed by atoms with Gasteiger partial charge in [0.05, 0.1) is 17.1 Å². The number of nitrogens with one attached hydrogen (secondary N) is 2. The molecule has 0 bridgehead atoms. The van der Waals surface area contributed by atoms with Gasteiger partial charge in [-0.1, -0.05) is 23.7 Å². The molecule has 19 heavy (non-hydrogen) atoms. The Labute approximate surface area is 113 Å². The second-order valence-corrected chi connectivity index (χ2v) is 3.78. The maximum absolute atomic E-state index is 11.6. The molecule has 0 unspecified atom stereocenters. The normalized spacial score (nSPS) is 9.74. The SMILES string of the molecule is O=C(O)CONC(=O)CNC(=O)c1ccccc1Cl. The zero-order valence-electron chi connectivity index (χ0n) is 9.68. The van der Waals surface area contributed by atoms with E-state index in [1.54, 1.807) is 18.2 Å². The molecule has 0 aromatic heterocycles. The molecule has 0 aliphatic carbocycles. The number of carboxylic acids is 1. The Morgan fingerprint density at radius 1 is 1.26 bits per heavy atom. The molecule has 1 rings (SSSR count). The van der Waals surface area contributed by atoms with E-state index in [9.17, 15) is 14.4 Å². The number of rotatable bonds is 6. The monoisotopic (exact) mass is 286 g/mol. The van der Waals surface area contributed by atoms with Gasteiger partial charge in [0.2, 0.25) is 0 Å². The average molecular weight is 287 g/mol. The van der Waals surface area contributed by atoms with E-state index in [0.717, 1.165) is 0 Å². The quantitative estimate of drug-likeness (QED) is 0.648. The van der Waals surface area contributed by atoms with Crippen LogP contribution in [0.15, 0.2) is 24.3 Å². The van der Waals surface area contributed by atoms with Crippen LogP contribution in [-0.2, 0) is 14.4 Å². The molecule has 8 heteroatoms. The first-order valence-electron chi connectivity index (χ1n) is 5.16. The number of carbonyl (C=O) groups is 3. The van der Waals surface area contributed by atoms with Gasteiger partial charge in [-0.15, -0.1) is 0 Å². The molecule has 0 fully saturated rings. The predicted octanol–water partition coefficient (Wildman–Crippen LogP) is 0.202. The highest BCUT2D eigenvalue weighted by atomic mass is 35.5. The third-order valence-corrected chi connectivity index (χ3v) is 2.24. The van der Waals surface area contributed by atoms with Gasteiger partial charge in [-0.05, 0) is 12.1 Å². The standard InChI is InChI=1S/C11H11ClN2O5/c12-8-4-2-1-3-7(8)11(18)13-5-9(15)14-19-6-10(16)17/h1-4H,5-6H2,(H,13,18)(H,14,15)(H,16,17). The summed E-state index contributed by atoms with van der Waals surface area (Å²) in [7, 11) is 0. The van der Waals surface area contributed by atoms with E-state index in [-0.39, 0.29) is 17.1 Å². The van der Waals surface area contributed by atoms with Crippen LogP contribution in [0.1, 0.15) is 10.4 Å². The van der Waals surface area contributed by atoms with Crippen LogP contribution in [0.3, 0.4) is 0 Å². The molecule has 102 valence electrons. The Kier molecular flexibility index (Phi) is 5.77. The average Bonchev–Trinajstić information content (AvgIpc) is 2.36. The van der Waals surface area contributed by atoms with Gasteiger partial charge in [-0.25, -0.2) is 10.3 Å². The Morgan fingerprint density at radius 3 is 2.58 bits per heavy atom. The first kappa shape index (κ1) is 14.9. The summed E-state index contributed by atoms with van der Waals surface area (Å²) in [5, 5.41) is 10.8. The molecule has 0 spiro atoms. The van der Waals surface area contributed by atoms with Crippen molar-refractivity contribution in [3.63, 3.8) is 0 Å². The number of hydroxylamine groups is 1. The zero-order valence-corrected chi connectivity index (χ0v) is 10.4. The molecule has 1 aromatic rings. The summed E-state index contributed by atoms with van der Waals surface area (Å²) < 4.78 is 0. The molecule has 1 aromatic carbocycles. The number of amides is 2. The Bertz CT molecular complexity index is 492. The molecule has 3 N–H and O–H groups in total. The molecule has 0 radical (unpaired) electrons.